The zero-order valence-corrected chi connectivity index (χ0v) is 12.5. The number of hydrogen-bond donors (Lipinski definition) is 2. The van der Waals surface area contributed by atoms with Crippen molar-refractivity contribution in [3.63, 3.8) is 0 Å². The molecule has 0 spiro atoms. The lowest BCUT2D eigenvalue weighted by Crippen LogP contribution is -2.54. The highest BCUT2D eigenvalue weighted by molar-refractivity contribution is 5.75. The maximum atomic E-state index is 12.1. The minimum absolute atomic E-state index is 0.200. The first-order valence-corrected chi connectivity index (χ1v) is 7.95. The number of nitrogens with one attached hydrogen (secondary N) is 2. The van der Waals surface area contributed by atoms with E-state index < -0.39 is 0 Å². The minimum atomic E-state index is 0.200. The average molecular weight is 267 g/mol. The van der Waals surface area contributed by atoms with Crippen LogP contribution in [0.3, 0.4) is 0 Å². The molecule has 0 aromatic heterocycles. The van der Waals surface area contributed by atoms with Crippen molar-refractivity contribution in [3.8, 4) is 0 Å². The van der Waals surface area contributed by atoms with Crippen LogP contribution in [0.5, 0.6) is 0 Å². The van der Waals surface area contributed by atoms with Crippen LogP contribution < -0.4 is 10.7 Å². The van der Waals surface area contributed by atoms with Gasteiger partial charge < -0.3 is 5.32 Å². The van der Waals surface area contributed by atoms with Gasteiger partial charge in [-0.2, -0.15) is 0 Å². The van der Waals surface area contributed by atoms with Crippen LogP contribution in [-0.4, -0.2) is 36.1 Å². The average Bonchev–Trinajstić information content (AvgIpc) is 2.42. The molecular formula is C15H29N3O. The van der Waals surface area contributed by atoms with Gasteiger partial charge in [-0.25, -0.2) is 5.01 Å². The van der Waals surface area contributed by atoms with Crippen molar-refractivity contribution in [1.29, 1.82) is 0 Å². The number of carbonyl (C=O) groups excluding carboxylic acids is 1. The fraction of sp³-hybridized carbons (Fsp3) is 0.933. The Hall–Kier alpha value is -0.610. The molecule has 2 fully saturated rings. The van der Waals surface area contributed by atoms with E-state index in [0.717, 1.165) is 19.5 Å². The Balaban J connectivity index is 1.70. The Morgan fingerprint density at radius 2 is 1.95 bits per heavy atom. The first-order valence-electron chi connectivity index (χ1n) is 7.95. The Labute approximate surface area is 117 Å². The summed E-state index contributed by atoms with van der Waals surface area (Å²) in [5, 5.41) is 5.58. The molecule has 2 aliphatic heterocycles. The Morgan fingerprint density at radius 1 is 1.21 bits per heavy atom. The second-order valence-corrected chi connectivity index (χ2v) is 6.32. The number of hydrogen-bond acceptors (Lipinski definition) is 3. The largest absolute Gasteiger partial charge is 0.316 e. The Kier molecular flexibility index (Phi) is 5.64. The van der Waals surface area contributed by atoms with Gasteiger partial charge in [0.25, 0.3) is 0 Å². The summed E-state index contributed by atoms with van der Waals surface area (Å²) in [6, 6.07) is 0.952. The van der Waals surface area contributed by atoms with Crippen molar-refractivity contribution in [1.82, 2.24) is 15.8 Å². The zero-order valence-electron chi connectivity index (χ0n) is 12.5. The van der Waals surface area contributed by atoms with Gasteiger partial charge in [-0.1, -0.05) is 6.42 Å². The smallest absolute Gasteiger partial charge is 0.234 e. The molecule has 3 unspecified atom stereocenters. The molecular weight excluding hydrogens is 238 g/mol. The van der Waals surface area contributed by atoms with Gasteiger partial charge in [0.05, 0.1) is 0 Å². The van der Waals surface area contributed by atoms with Crippen LogP contribution >= 0.6 is 0 Å². The first kappa shape index (κ1) is 14.8. The normalized spacial score (nSPS) is 33.1. The maximum absolute atomic E-state index is 12.1. The number of nitrogens with zero attached hydrogens (tertiary/aromatic N) is 1. The molecule has 2 saturated heterocycles. The van der Waals surface area contributed by atoms with E-state index in [1.807, 2.05) is 0 Å². The molecule has 1 amide bonds. The Bertz CT molecular complexity index is 279. The fourth-order valence-corrected chi connectivity index (χ4v) is 3.35. The van der Waals surface area contributed by atoms with Crippen molar-refractivity contribution in [2.45, 2.75) is 70.9 Å². The number of hydrazine groups is 1. The van der Waals surface area contributed by atoms with Gasteiger partial charge in [-0.15, -0.1) is 0 Å². The zero-order chi connectivity index (χ0) is 13.7. The third kappa shape index (κ3) is 4.46. The molecule has 110 valence electrons. The minimum Gasteiger partial charge on any atom is -0.316 e. The molecule has 4 heteroatoms. The first-order chi connectivity index (χ1) is 9.16. The Morgan fingerprint density at radius 3 is 2.58 bits per heavy atom. The van der Waals surface area contributed by atoms with E-state index >= 15 is 0 Å². The van der Waals surface area contributed by atoms with E-state index in [9.17, 15) is 4.79 Å². The van der Waals surface area contributed by atoms with Gasteiger partial charge in [0, 0.05) is 18.5 Å². The van der Waals surface area contributed by atoms with Gasteiger partial charge in [-0.3, -0.25) is 10.2 Å². The van der Waals surface area contributed by atoms with Gasteiger partial charge in [0.15, 0.2) is 0 Å². The SMILES string of the molecule is CC1CCCC(C)N1NC(=O)CCC1CCCNC1. The molecule has 0 radical (unpaired) electrons. The van der Waals surface area contributed by atoms with Crippen molar-refractivity contribution in [2.75, 3.05) is 13.1 Å². The second kappa shape index (κ2) is 7.25. The molecule has 0 saturated carbocycles. The molecule has 4 nitrogen and oxygen atoms in total. The molecule has 2 rings (SSSR count). The van der Waals surface area contributed by atoms with E-state index in [-0.39, 0.29) is 5.91 Å². The van der Waals surface area contributed by atoms with Crippen molar-refractivity contribution in [2.24, 2.45) is 5.92 Å². The second-order valence-electron chi connectivity index (χ2n) is 6.32. The lowest BCUT2D eigenvalue weighted by atomic mass is 9.94. The molecule has 2 aliphatic rings. The van der Waals surface area contributed by atoms with Crippen molar-refractivity contribution >= 4 is 5.91 Å². The summed E-state index contributed by atoms with van der Waals surface area (Å²) in [6.45, 7) is 6.65. The predicted octanol–water partition coefficient (Wildman–Crippen LogP) is 2.06. The van der Waals surface area contributed by atoms with Crippen LogP contribution in [0, 0.1) is 5.92 Å². The maximum Gasteiger partial charge on any atom is 0.234 e. The van der Waals surface area contributed by atoms with E-state index in [4.69, 9.17) is 0 Å². The lowest BCUT2D eigenvalue weighted by Gasteiger charge is -2.38. The molecule has 2 heterocycles. The summed E-state index contributed by atoms with van der Waals surface area (Å²) in [5.74, 6) is 0.891. The highest BCUT2D eigenvalue weighted by atomic mass is 16.2. The van der Waals surface area contributed by atoms with Crippen LogP contribution in [-0.2, 0) is 4.79 Å². The van der Waals surface area contributed by atoms with Crippen LogP contribution in [0.2, 0.25) is 0 Å². The van der Waals surface area contributed by atoms with E-state index in [0.29, 0.717) is 24.4 Å². The molecule has 2 N–H and O–H groups in total. The molecule has 0 aliphatic carbocycles. The van der Waals surface area contributed by atoms with Crippen LogP contribution in [0.15, 0.2) is 0 Å². The summed E-state index contributed by atoms with van der Waals surface area (Å²) >= 11 is 0. The molecule has 0 aromatic carbocycles. The molecule has 0 bridgehead atoms. The van der Waals surface area contributed by atoms with Crippen molar-refractivity contribution in [3.05, 3.63) is 0 Å². The van der Waals surface area contributed by atoms with E-state index in [1.165, 1.54) is 32.1 Å². The number of piperidine rings is 2. The summed E-state index contributed by atoms with van der Waals surface area (Å²) < 4.78 is 0. The third-order valence-electron chi connectivity index (χ3n) is 4.63. The topological polar surface area (TPSA) is 44.4 Å². The van der Waals surface area contributed by atoms with Crippen molar-refractivity contribution < 1.29 is 4.79 Å². The van der Waals surface area contributed by atoms with Gasteiger partial charge >= 0.3 is 0 Å². The molecule has 0 aromatic rings. The standard InChI is InChI=1S/C15H29N3O/c1-12-5-3-6-13(2)18(12)17-15(19)9-8-14-7-4-10-16-11-14/h12-14,16H,3-11H2,1-2H3,(H,17,19). The fourth-order valence-electron chi connectivity index (χ4n) is 3.35. The monoisotopic (exact) mass is 267 g/mol. The quantitative estimate of drug-likeness (QED) is 0.819. The summed E-state index contributed by atoms with van der Waals surface area (Å²) in [6.07, 6.45) is 7.89. The lowest BCUT2D eigenvalue weighted by molar-refractivity contribution is -0.129. The van der Waals surface area contributed by atoms with Crippen LogP contribution in [0.1, 0.15) is 58.8 Å². The van der Waals surface area contributed by atoms with Gasteiger partial charge in [0.1, 0.15) is 0 Å². The highest BCUT2D eigenvalue weighted by Gasteiger charge is 2.26. The number of amides is 1. The number of carbonyl (C=O) groups is 1. The van der Waals surface area contributed by atoms with E-state index in [1.54, 1.807) is 0 Å². The van der Waals surface area contributed by atoms with E-state index in [2.05, 4.69) is 29.6 Å². The predicted molar refractivity (Wildman–Crippen MR) is 77.6 cm³/mol. The molecule has 19 heavy (non-hydrogen) atoms. The highest BCUT2D eigenvalue weighted by Crippen LogP contribution is 2.21. The van der Waals surface area contributed by atoms with Gasteiger partial charge in [0.2, 0.25) is 5.91 Å². The van der Waals surface area contributed by atoms with Crippen LogP contribution in [0.4, 0.5) is 0 Å². The number of rotatable bonds is 4. The third-order valence-corrected chi connectivity index (χ3v) is 4.63. The van der Waals surface area contributed by atoms with Crippen LogP contribution in [0.25, 0.3) is 0 Å². The summed E-state index contributed by atoms with van der Waals surface area (Å²) in [7, 11) is 0. The summed E-state index contributed by atoms with van der Waals surface area (Å²) in [5.41, 5.74) is 3.13. The summed E-state index contributed by atoms with van der Waals surface area (Å²) in [4.78, 5) is 12.1. The molecule has 3 atom stereocenters. The van der Waals surface area contributed by atoms with Gasteiger partial charge in [-0.05, 0) is 65.0 Å².